The van der Waals surface area contributed by atoms with Crippen LogP contribution in [0, 0.1) is 5.82 Å². The summed E-state index contributed by atoms with van der Waals surface area (Å²) in [4.78, 5) is 24.8. The molecule has 0 spiro atoms. The maximum atomic E-state index is 13.0. The van der Waals surface area contributed by atoms with E-state index in [0.29, 0.717) is 17.9 Å². The fourth-order valence-corrected chi connectivity index (χ4v) is 2.91. The molecular formula is C24H23FN2O3. The molecule has 0 saturated heterocycles. The summed E-state index contributed by atoms with van der Waals surface area (Å²) in [6.45, 7) is 1.95. The second-order valence-electron chi connectivity index (χ2n) is 6.79. The van der Waals surface area contributed by atoms with Crippen molar-refractivity contribution in [1.29, 1.82) is 0 Å². The molecule has 2 N–H and O–H groups in total. The van der Waals surface area contributed by atoms with Crippen molar-refractivity contribution in [3.63, 3.8) is 0 Å². The molecule has 3 rings (SSSR count). The van der Waals surface area contributed by atoms with Gasteiger partial charge in [0.1, 0.15) is 11.6 Å². The predicted octanol–water partition coefficient (Wildman–Crippen LogP) is 4.01. The third kappa shape index (κ3) is 5.91. The standard InChI is InChI=1S/C24H23FN2O3/c1-17(19-11-13-20(25)14-12-19)27-23(28)16-30-22-10-6-5-9-21(22)24(29)26-15-18-7-3-2-4-8-18/h2-14,17H,15-16H2,1H3,(H,26,29)(H,27,28). The molecule has 0 fully saturated rings. The molecular weight excluding hydrogens is 383 g/mol. The molecule has 0 aliphatic rings. The quantitative estimate of drug-likeness (QED) is 0.594. The third-order valence-electron chi connectivity index (χ3n) is 4.53. The molecule has 1 unspecified atom stereocenters. The highest BCUT2D eigenvalue weighted by Crippen LogP contribution is 2.18. The van der Waals surface area contributed by atoms with Gasteiger partial charge in [-0.05, 0) is 42.3 Å². The monoisotopic (exact) mass is 406 g/mol. The number of hydrogen-bond acceptors (Lipinski definition) is 3. The van der Waals surface area contributed by atoms with Crippen molar-refractivity contribution in [2.45, 2.75) is 19.5 Å². The Morgan fingerprint density at radius 2 is 1.60 bits per heavy atom. The van der Waals surface area contributed by atoms with E-state index in [-0.39, 0.29) is 30.3 Å². The Morgan fingerprint density at radius 3 is 2.33 bits per heavy atom. The lowest BCUT2D eigenvalue weighted by Gasteiger charge is -2.16. The number of halogens is 1. The lowest BCUT2D eigenvalue weighted by Crippen LogP contribution is -2.31. The molecule has 0 aliphatic carbocycles. The Balaban J connectivity index is 1.55. The summed E-state index contributed by atoms with van der Waals surface area (Å²) >= 11 is 0. The van der Waals surface area contributed by atoms with E-state index in [0.717, 1.165) is 11.1 Å². The summed E-state index contributed by atoms with van der Waals surface area (Å²) in [7, 11) is 0. The molecule has 0 saturated carbocycles. The summed E-state index contributed by atoms with van der Waals surface area (Å²) in [6, 6.07) is 22.0. The van der Waals surface area contributed by atoms with E-state index in [9.17, 15) is 14.0 Å². The smallest absolute Gasteiger partial charge is 0.258 e. The van der Waals surface area contributed by atoms with E-state index >= 15 is 0 Å². The van der Waals surface area contributed by atoms with Crippen LogP contribution in [0.5, 0.6) is 5.75 Å². The van der Waals surface area contributed by atoms with E-state index in [1.807, 2.05) is 30.3 Å². The van der Waals surface area contributed by atoms with Crippen LogP contribution in [-0.4, -0.2) is 18.4 Å². The van der Waals surface area contributed by atoms with Crippen LogP contribution in [0.1, 0.15) is 34.5 Å². The largest absolute Gasteiger partial charge is 0.483 e. The number of carbonyl (C=O) groups is 2. The number of nitrogens with one attached hydrogen (secondary N) is 2. The minimum atomic E-state index is -0.341. The van der Waals surface area contributed by atoms with Gasteiger partial charge in [-0.2, -0.15) is 0 Å². The molecule has 30 heavy (non-hydrogen) atoms. The molecule has 6 heteroatoms. The first-order valence-electron chi connectivity index (χ1n) is 9.61. The van der Waals surface area contributed by atoms with Crippen LogP contribution in [0.15, 0.2) is 78.9 Å². The number of benzene rings is 3. The molecule has 3 aromatic carbocycles. The number of carbonyl (C=O) groups excluding carboxylic acids is 2. The average Bonchev–Trinajstić information content (AvgIpc) is 2.77. The van der Waals surface area contributed by atoms with Crippen molar-refractivity contribution in [2.24, 2.45) is 0 Å². The first kappa shape index (κ1) is 21.0. The fourth-order valence-electron chi connectivity index (χ4n) is 2.91. The minimum Gasteiger partial charge on any atom is -0.483 e. The normalized spacial score (nSPS) is 11.4. The van der Waals surface area contributed by atoms with Crippen molar-refractivity contribution in [3.8, 4) is 5.75 Å². The molecule has 0 bridgehead atoms. The van der Waals surface area contributed by atoms with Crippen molar-refractivity contribution in [3.05, 3.63) is 101 Å². The van der Waals surface area contributed by atoms with Gasteiger partial charge in [0.25, 0.3) is 11.8 Å². The van der Waals surface area contributed by atoms with Crippen molar-refractivity contribution >= 4 is 11.8 Å². The van der Waals surface area contributed by atoms with Gasteiger partial charge in [0.15, 0.2) is 6.61 Å². The first-order chi connectivity index (χ1) is 14.5. The van der Waals surface area contributed by atoms with Gasteiger partial charge < -0.3 is 15.4 Å². The predicted molar refractivity (Wildman–Crippen MR) is 113 cm³/mol. The van der Waals surface area contributed by atoms with Crippen LogP contribution in [-0.2, 0) is 11.3 Å². The highest BCUT2D eigenvalue weighted by atomic mass is 19.1. The summed E-state index contributed by atoms with van der Waals surface area (Å²) in [6.07, 6.45) is 0. The van der Waals surface area contributed by atoms with Gasteiger partial charge in [0, 0.05) is 6.54 Å². The SMILES string of the molecule is CC(NC(=O)COc1ccccc1C(=O)NCc1ccccc1)c1ccc(F)cc1. The van der Waals surface area contributed by atoms with Gasteiger partial charge in [-0.1, -0.05) is 54.6 Å². The van der Waals surface area contributed by atoms with Crippen molar-refractivity contribution in [2.75, 3.05) is 6.61 Å². The molecule has 0 radical (unpaired) electrons. The highest BCUT2D eigenvalue weighted by Gasteiger charge is 2.14. The molecule has 3 aromatic rings. The summed E-state index contributed by atoms with van der Waals surface area (Å²) < 4.78 is 18.6. The maximum absolute atomic E-state index is 13.0. The van der Waals surface area contributed by atoms with Crippen LogP contribution in [0.2, 0.25) is 0 Å². The Labute approximate surface area is 174 Å². The number of hydrogen-bond donors (Lipinski definition) is 2. The third-order valence-corrected chi connectivity index (χ3v) is 4.53. The van der Waals surface area contributed by atoms with Crippen LogP contribution in [0.25, 0.3) is 0 Å². The van der Waals surface area contributed by atoms with Crippen LogP contribution in [0.4, 0.5) is 4.39 Å². The van der Waals surface area contributed by atoms with Crippen molar-refractivity contribution in [1.82, 2.24) is 10.6 Å². The number of para-hydroxylation sites is 1. The molecule has 0 aliphatic heterocycles. The van der Waals surface area contributed by atoms with Gasteiger partial charge in [0.05, 0.1) is 11.6 Å². The minimum absolute atomic E-state index is 0.242. The van der Waals surface area contributed by atoms with Gasteiger partial charge in [-0.3, -0.25) is 9.59 Å². The van der Waals surface area contributed by atoms with Crippen LogP contribution in [0.3, 0.4) is 0 Å². The lowest BCUT2D eigenvalue weighted by atomic mass is 10.1. The fraction of sp³-hybridized carbons (Fsp3) is 0.167. The maximum Gasteiger partial charge on any atom is 0.258 e. The second-order valence-corrected chi connectivity index (χ2v) is 6.79. The van der Waals surface area contributed by atoms with Gasteiger partial charge in [-0.15, -0.1) is 0 Å². The number of amides is 2. The van der Waals surface area contributed by atoms with Crippen LogP contribution < -0.4 is 15.4 Å². The first-order valence-corrected chi connectivity index (χ1v) is 9.61. The van der Waals surface area contributed by atoms with E-state index in [1.54, 1.807) is 43.3 Å². The second kappa shape index (κ2) is 10.2. The highest BCUT2D eigenvalue weighted by molar-refractivity contribution is 5.97. The summed E-state index contributed by atoms with van der Waals surface area (Å²) in [5.74, 6) is -0.628. The van der Waals surface area contributed by atoms with Crippen molar-refractivity contribution < 1.29 is 18.7 Å². The average molecular weight is 406 g/mol. The van der Waals surface area contributed by atoms with E-state index in [1.165, 1.54) is 12.1 Å². The molecule has 5 nitrogen and oxygen atoms in total. The molecule has 2 amide bonds. The number of rotatable bonds is 8. The van der Waals surface area contributed by atoms with E-state index in [2.05, 4.69) is 10.6 Å². The molecule has 0 heterocycles. The Hall–Kier alpha value is -3.67. The van der Waals surface area contributed by atoms with E-state index in [4.69, 9.17) is 4.74 Å². The number of ether oxygens (including phenoxy) is 1. The van der Waals surface area contributed by atoms with Gasteiger partial charge in [-0.25, -0.2) is 4.39 Å². The van der Waals surface area contributed by atoms with Gasteiger partial charge >= 0.3 is 0 Å². The lowest BCUT2D eigenvalue weighted by molar-refractivity contribution is -0.123. The zero-order chi connectivity index (χ0) is 21.3. The van der Waals surface area contributed by atoms with Crippen LogP contribution >= 0.6 is 0 Å². The Morgan fingerprint density at radius 1 is 0.933 bits per heavy atom. The van der Waals surface area contributed by atoms with E-state index < -0.39 is 0 Å². The zero-order valence-corrected chi connectivity index (χ0v) is 16.6. The summed E-state index contributed by atoms with van der Waals surface area (Å²) in [5, 5.41) is 5.65. The Bertz CT molecular complexity index is 991. The molecule has 0 aromatic heterocycles. The molecule has 1 atom stereocenters. The Kier molecular flexibility index (Phi) is 7.16. The van der Waals surface area contributed by atoms with Gasteiger partial charge in [0.2, 0.25) is 0 Å². The summed E-state index contributed by atoms with van der Waals surface area (Å²) in [5.41, 5.74) is 2.12. The zero-order valence-electron chi connectivity index (χ0n) is 16.6. The molecule has 154 valence electrons. The topological polar surface area (TPSA) is 67.4 Å².